The minimum atomic E-state index is 0. The molecule has 1 aromatic heterocycles. The second-order valence-corrected chi connectivity index (χ2v) is 1.45. The van der Waals surface area contributed by atoms with Crippen molar-refractivity contribution in [2.45, 2.75) is 5.16 Å². The van der Waals surface area contributed by atoms with Gasteiger partial charge in [-0.15, -0.1) is 5.10 Å². The first-order valence-corrected chi connectivity index (χ1v) is 2.11. The van der Waals surface area contributed by atoms with Gasteiger partial charge in [0, 0.05) is 12.2 Å². The molecule has 0 bridgehead atoms. The molecule has 1 aromatic rings. The van der Waals surface area contributed by atoms with Gasteiger partial charge in [-0.2, -0.15) is 0 Å². The Morgan fingerprint density at radius 3 is 2.38 bits per heavy atom. The van der Waals surface area contributed by atoms with E-state index in [0.29, 0.717) is 5.16 Å². The Hall–Kier alpha value is 0.926. The fraction of sp³-hybridized carbons (Fsp3) is 0.500. The Morgan fingerprint density at radius 2 is 2.25 bits per heavy atom. The molecule has 0 radical (unpaired) electrons. The van der Waals surface area contributed by atoms with E-state index in [-0.39, 0.29) is 51.4 Å². The molecule has 1 rings (SSSR count). The molecular formula is C2H3KN4S. The van der Waals surface area contributed by atoms with Gasteiger partial charge in [-0.3, -0.25) is 4.68 Å². The van der Waals surface area contributed by atoms with Crippen molar-refractivity contribution in [3.63, 3.8) is 0 Å². The Bertz CT molecular complexity index is 146. The quantitative estimate of drug-likeness (QED) is 0.283. The van der Waals surface area contributed by atoms with Gasteiger partial charge in [0.05, 0.1) is 0 Å². The fourth-order valence-electron chi connectivity index (χ4n) is 0.221. The molecule has 1 heterocycles. The molecule has 0 spiro atoms. The van der Waals surface area contributed by atoms with Gasteiger partial charge in [-0.05, 0) is 10.4 Å². The SMILES string of the molecule is Cn1nnnc1[S-].[K+]. The van der Waals surface area contributed by atoms with Crippen molar-refractivity contribution in [1.29, 1.82) is 0 Å². The van der Waals surface area contributed by atoms with Gasteiger partial charge in [0.1, 0.15) is 0 Å². The molecule has 0 fully saturated rings. The second kappa shape index (κ2) is 3.86. The molecular weight excluding hydrogens is 151 g/mol. The Morgan fingerprint density at radius 1 is 1.62 bits per heavy atom. The van der Waals surface area contributed by atoms with Gasteiger partial charge in [-0.1, -0.05) is 0 Å². The van der Waals surface area contributed by atoms with Crippen molar-refractivity contribution in [2.24, 2.45) is 7.05 Å². The predicted octanol–water partition coefficient (Wildman–Crippen LogP) is -3.88. The van der Waals surface area contributed by atoms with Gasteiger partial charge in [0.25, 0.3) is 0 Å². The molecule has 0 aliphatic heterocycles. The molecule has 0 unspecified atom stereocenters. The molecule has 8 heavy (non-hydrogen) atoms. The maximum Gasteiger partial charge on any atom is 1.00 e. The zero-order valence-corrected chi connectivity index (χ0v) is 8.64. The van der Waals surface area contributed by atoms with E-state index in [1.807, 2.05) is 0 Å². The molecule has 0 aliphatic rings. The van der Waals surface area contributed by atoms with Crippen LogP contribution in [0.15, 0.2) is 5.16 Å². The first kappa shape index (κ1) is 8.93. The van der Waals surface area contributed by atoms with Crippen LogP contribution in [0.2, 0.25) is 0 Å². The number of rotatable bonds is 0. The second-order valence-electron chi connectivity index (χ2n) is 1.09. The molecule has 0 amide bonds. The van der Waals surface area contributed by atoms with Crippen LogP contribution in [0.4, 0.5) is 0 Å². The van der Waals surface area contributed by atoms with Crippen LogP contribution in [0.3, 0.4) is 0 Å². The molecule has 0 aromatic carbocycles. The van der Waals surface area contributed by atoms with Crippen molar-refractivity contribution < 1.29 is 51.4 Å². The standard InChI is InChI=1S/C2H4N4S.K/c1-6-2(7)3-4-5-6;/h1H3,(H,3,5,7);/q;+1/p-1. The van der Waals surface area contributed by atoms with Gasteiger partial charge < -0.3 is 12.6 Å². The predicted molar refractivity (Wildman–Crippen MR) is 24.4 cm³/mol. The van der Waals surface area contributed by atoms with E-state index >= 15 is 0 Å². The molecule has 0 saturated heterocycles. The van der Waals surface area contributed by atoms with E-state index in [1.165, 1.54) is 4.68 Å². The summed E-state index contributed by atoms with van der Waals surface area (Å²) in [5, 5.41) is 10.6. The maximum absolute atomic E-state index is 4.61. The molecule has 0 aliphatic carbocycles. The maximum atomic E-state index is 4.61. The molecule has 38 valence electrons. The molecule has 0 N–H and O–H groups in total. The summed E-state index contributed by atoms with van der Waals surface area (Å²) in [6, 6.07) is 0. The summed E-state index contributed by atoms with van der Waals surface area (Å²) in [7, 11) is 1.70. The molecule has 0 saturated carbocycles. The van der Waals surface area contributed by atoms with Crippen molar-refractivity contribution in [1.82, 2.24) is 20.2 Å². The normalized spacial score (nSPS) is 8.12. The summed E-state index contributed by atoms with van der Waals surface area (Å²) in [6.07, 6.45) is 0. The first-order valence-electron chi connectivity index (χ1n) is 1.70. The number of tetrazole rings is 1. The average molecular weight is 154 g/mol. The van der Waals surface area contributed by atoms with Crippen LogP contribution in [0.25, 0.3) is 0 Å². The first-order chi connectivity index (χ1) is 3.30. The minimum absolute atomic E-state index is 0. The number of nitrogens with zero attached hydrogens (tertiary/aromatic N) is 4. The summed E-state index contributed by atoms with van der Waals surface area (Å²) in [6.45, 7) is 0. The number of aryl methyl sites for hydroxylation is 1. The average Bonchev–Trinajstić information content (AvgIpc) is 1.91. The number of hydrogen-bond acceptors (Lipinski definition) is 4. The topological polar surface area (TPSA) is 43.6 Å². The van der Waals surface area contributed by atoms with Crippen LogP contribution < -0.4 is 51.4 Å². The van der Waals surface area contributed by atoms with Gasteiger partial charge in [-0.25, -0.2) is 0 Å². The molecule has 6 heteroatoms. The van der Waals surface area contributed by atoms with Gasteiger partial charge in [0.2, 0.25) is 0 Å². The monoisotopic (exact) mass is 154 g/mol. The van der Waals surface area contributed by atoms with Crippen LogP contribution in [0.1, 0.15) is 0 Å². The molecule has 0 atom stereocenters. The van der Waals surface area contributed by atoms with E-state index in [2.05, 4.69) is 28.2 Å². The number of hydrogen-bond donors (Lipinski definition) is 0. The smallest absolute Gasteiger partial charge is 0.739 e. The third kappa shape index (κ3) is 2.04. The largest absolute Gasteiger partial charge is 1.00 e. The zero-order chi connectivity index (χ0) is 5.28. The minimum Gasteiger partial charge on any atom is -0.739 e. The van der Waals surface area contributed by atoms with Crippen molar-refractivity contribution in [3.05, 3.63) is 0 Å². The summed E-state index contributed by atoms with van der Waals surface area (Å²) < 4.78 is 1.43. The van der Waals surface area contributed by atoms with E-state index in [9.17, 15) is 0 Å². The van der Waals surface area contributed by atoms with Crippen molar-refractivity contribution in [2.75, 3.05) is 0 Å². The van der Waals surface area contributed by atoms with Crippen molar-refractivity contribution >= 4 is 12.6 Å². The Balaban J connectivity index is 0.000000490. The van der Waals surface area contributed by atoms with E-state index in [4.69, 9.17) is 0 Å². The molecule has 4 nitrogen and oxygen atoms in total. The number of aromatic nitrogens is 4. The van der Waals surface area contributed by atoms with Gasteiger partial charge >= 0.3 is 51.4 Å². The van der Waals surface area contributed by atoms with Crippen LogP contribution in [0.5, 0.6) is 0 Å². The summed E-state index contributed by atoms with van der Waals surface area (Å²) in [4.78, 5) is 0. The summed E-state index contributed by atoms with van der Waals surface area (Å²) in [5.74, 6) is 0. The van der Waals surface area contributed by atoms with Crippen LogP contribution in [-0.4, -0.2) is 20.2 Å². The Labute approximate surface area is 94.9 Å². The third-order valence-electron chi connectivity index (χ3n) is 0.581. The van der Waals surface area contributed by atoms with E-state index in [1.54, 1.807) is 7.05 Å². The van der Waals surface area contributed by atoms with Crippen LogP contribution in [0, 0.1) is 0 Å². The fourth-order valence-corrected chi connectivity index (χ4v) is 0.294. The third-order valence-corrected chi connectivity index (χ3v) is 0.927. The van der Waals surface area contributed by atoms with E-state index < -0.39 is 0 Å². The summed E-state index contributed by atoms with van der Waals surface area (Å²) >= 11 is 4.61. The van der Waals surface area contributed by atoms with Gasteiger partial charge in [0.15, 0.2) is 0 Å². The van der Waals surface area contributed by atoms with E-state index in [0.717, 1.165) is 0 Å². The summed E-state index contributed by atoms with van der Waals surface area (Å²) in [5.41, 5.74) is 0. The van der Waals surface area contributed by atoms with Crippen molar-refractivity contribution in [3.8, 4) is 0 Å². The van der Waals surface area contributed by atoms with Crippen LogP contribution in [-0.2, 0) is 19.7 Å². The Kier molecular flexibility index (Phi) is 4.31. The zero-order valence-electron chi connectivity index (χ0n) is 4.70. The van der Waals surface area contributed by atoms with Crippen LogP contribution >= 0.6 is 0 Å².